The van der Waals surface area contributed by atoms with Crippen LogP contribution in [0, 0.1) is 34.6 Å². The van der Waals surface area contributed by atoms with E-state index in [9.17, 15) is 19.5 Å². The number of carbonyl (C=O) groups is 3. The smallest absolute Gasteiger partial charge is 0.336 e. The number of aromatic carboxylic acids is 1. The number of carbonyl (C=O) groups excluding carboxylic acids is 2. The zero-order valence-corrected chi connectivity index (χ0v) is 20.9. The van der Waals surface area contributed by atoms with Crippen molar-refractivity contribution in [2.45, 2.75) is 34.6 Å². The van der Waals surface area contributed by atoms with Crippen molar-refractivity contribution in [2.24, 2.45) is 0 Å². The molecule has 1 aliphatic heterocycles. The average molecular weight is 488 g/mol. The van der Waals surface area contributed by atoms with Crippen molar-refractivity contribution in [3.05, 3.63) is 87.2 Å². The number of aryl methyl sites for hydroxylation is 3. The van der Waals surface area contributed by atoms with Crippen molar-refractivity contribution >= 4 is 46.9 Å². The van der Waals surface area contributed by atoms with E-state index in [1.807, 2.05) is 62.6 Å². The van der Waals surface area contributed by atoms with Crippen molar-refractivity contribution in [1.82, 2.24) is 9.88 Å². The fraction of sp³-hybridized carbons (Fsp3) is 0.185. The van der Waals surface area contributed by atoms with Crippen LogP contribution < -0.4 is 10.2 Å². The maximum absolute atomic E-state index is 13.5. The molecule has 1 aliphatic rings. The molecule has 35 heavy (non-hydrogen) atoms. The van der Waals surface area contributed by atoms with Gasteiger partial charge in [0, 0.05) is 17.1 Å². The summed E-state index contributed by atoms with van der Waals surface area (Å²) in [6.45, 7) is 9.32. The lowest BCUT2D eigenvalue weighted by atomic mass is 10.0. The molecule has 7 nitrogen and oxygen atoms in total. The van der Waals surface area contributed by atoms with Crippen LogP contribution in [0.1, 0.15) is 44.0 Å². The molecule has 1 saturated heterocycles. The molecule has 1 aromatic heterocycles. The number of benzene rings is 2. The Morgan fingerprint density at radius 3 is 2.40 bits per heavy atom. The highest BCUT2D eigenvalue weighted by atomic mass is 32.1. The fourth-order valence-corrected chi connectivity index (χ4v) is 4.67. The van der Waals surface area contributed by atoms with Gasteiger partial charge >= 0.3 is 5.97 Å². The molecule has 8 heteroatoms. The van der Waals surface area contributed by atoms with Gasteiger partial charge in [0.15, 0.2) is 5.11 Å². The summed E-state index contributed by atoms with van der Waals surface area (Å²) in [6, 6.07) is 12.7. The number of hydrogen-bond donors (Lipinski definition) is 2. The van der Waals surface area contributed by atoms with Crippen LogP contribution in [0.2, 0.25) is 0 Å². The number of hydrogen-bond acceptors (Lipinski definition) is 4. The number of aromatic nitrogens is 1. The molecule has 0 bridgehead atoms. The second-order valence-corrected chi connectivity index (χ2v) is 9.05. The summed E-state index contributed by atoms with van der Waals surface area (Å²) < 4.78 is 1.92. The molecule has 0 unspecified atom stereocenters. The molecule has 178 valence electrons. The first-order valence-corrected chi connectivity index (χ1v) is 11.4. The summed E-state index contributed by atoms with van der Waals surface area (Å²) in [4.78, 5) is 39.3. The molecular formula is C27H25N3O4S. The van der Waals surface area contributed by atoms with Crippen LogP contribution in [0.5, 0.6) is 0 Å². The van der Waals surface area contributed by atoms with Gasteiger partial charge in [0.25, 0.3) is 11.8 Å². The summed E-state index contributed by atoms with van der Waals surface area (Å²) in [5.41, 5.74) is 6.26. The Labute approximate surface area is 208 Å². The highest BCUT2D eigenvalue weighted by Gasteiger charge is 2.35. The molecule has 1 fully saturated rings. The van der Waals surface area contributed by atoms with Crippen LogP contribution in [0.3, 0.4) is 0 Å². The van der Waals surface area contributed by atoms with E-state index in [2.05, 4.69) is 5.32 Å². The second-order valence-electron chi connectivity index (χ2n) is 8.66. The average Bonchev–Trinajstić information content (AvgIpc) is 3.06. The van der Waals surface area contributed by atoms with Gasteiger partial charge in [-0.1, -0.05) is 18.2 Å². The molecule has 4 rings (SSSR count). The van der Waals surface area contributed by atoms with Gasteiger partial charge in [-0.3, -0.25) is 19.8 Å². The van der Waals surface area contributed by atoms with Gasteiger partial charge in [0.2, 0.25) is 0 Å². The van der Waals surface area contributed by atoms with E-state index in [0.717, 1.165) is 28.2 Å². The first-order valence-electron chi connectivity index (χ1n) is 11.0. The molecule has 2 aromatic carbocycles. The summed E-state index contributed by atoms with van der Waals surface area (Å²) in [5, 5.41) is 12.2. The molecule has 2 heterocycles. The lowest BCUT2D eigenvalue weighted by Gasteiger charge is -2.30. The monoisotopic (exact) mass is 487 g/mol. The number of thiocarbonyl (C=S) groups is 1. The Balaban J connectivity index is 1.81. The molecule has 0 radical (unpaired) electrons. The van der Waals surface area contributed by atoms with Crippen molar-refractivity contribution in [2.75, 3.05) is 4.90 Å². The lowest BCUT2D eigenvalue weighted by Crippen LogP contribution is -2.54. The van der Waals surface area contributed by atoms with Gasteiger partial charge in [-0.15, -0.1) is 0 Å². The van der Waals surface area contributed by atoms with E-state index in [4.69, 9.17) is 12.2 Å². The Morgan fingerprint density at radius 1 is 1.00 bits per heavy atom. The molecule has 0 aliphatic carbocycles. The van der Waals surface area contributed by atoms with Gasteiger partial charge in [-0.05, 0) is 99.4 Å². The first kappa shape index (κ1) is 24.1. The number of carboxylic acids is 1. The van der Waals surface area contributed by atoms with Crippen LogP contribution >= 0.6 is 12.2 Å². The third-order valence-corrected chi connectivity index (χ3v) is 6.54. The zero-order chi connectivity index (χ0) is 25.6. The quantitative estimate of drug-likeness (QED) is 0.320. The van der Waals surface area contributed by atoms with Crippen LogP contribution in [0.15, 0.2) is 48.0 Å². The summed E-state index contributed by atoms with van der Waals surface area (Å²) in [7, 11) is 0. The number of anilines is 1. The van der Waals surface area contributed by atoms with Gasteiger partial charge < -0.3 is 9.67 Å². The van der Waals surface area contributed by atoms with E-state index in [1.54, 1.807) is 25.1 Å². The van der Waals surface area contributed by atoms with Crippen molar-refractivity contribution in [3.8, 4) is 5.69 Å². The maximum Gasteiger partial charge on any atom is 0.336 e. The standard InChI is InChI=1S/C27H25N3O4S/c1-14-9-10-15(2)23(11-14)30-25(32)21(24(31)28-27(30)35)13-19-12-16(3)29(18(19)5)22-8-6-7-20(17(22)4)26(33)34/h6-13H,1-5H3,(H,33,34)(H,28,31,35)/b21-13+. The predicted octanol–water partition coefficient (Wildman–Crippen LogP) is 4.55. The lowest BCUT2D eigenvalue weighted by molar-refractivity contribution is -0.122. The number of carboxylic acid groups (broad SMARTS) is 1. The minimum atomic E-state index is -0.999. The SMILES string of the molecule is Cc1ccc(C)c(N2C(=O)/C(=C/c3cc(C)n(-c4cccc(C(=O)O)c4C)c3C)C(=O)NC2=S)c1. The van der Waals surface area contributed by atoms with E-state index in [-0.39, 0.29) is 16.2 Å². The van der Waals surface area contributed by atoms with Gasteiger partial charge in [-0.2, -0.15) is 0 Å². The molecule has 0 atom stereocenters. The summed E-state index contributed by atoms with van der Waals surface area (Å²) in [5.74, 6) is -2.06. The minimum Gasteiger partial charge on any atom is -0.478 e. The van der Waals surface area contributed by atoms with Gasteiger partial charge in [0.1, 0.15) is 5.57 Å². The molecule has 3 aromatic rings. The van der Waals surface area contributed by atoms with Gasteiger partial charge in [-0.25, -0.2) is 4.79 Å². The number of amides is 2. The minimum absolute atomic E-state index is 0.0317. The summed E-state index contributed by atoms with van der Waals surface area (Å²) in [6.07, 6.45) is 1.56. The van der Waals surface area contributed by atoms with Crippen molar-refractivity contribution in [1.29, 1.82) is 0 Å². The fourth-order valence-electron chi connectivity index (χ4n) is 4.39. The number of rotatable bonds is 4. The maximum atomic E-state index is 13.5. The Morgan fingerprint density at radius 2 is 1.71 bits per heavy atom. The Hall–Kier alpha value is -4.04. The van der Waals surface area contributed by atoms with E-state index < -0.39 is 17.8 Å². The number of nitrogens with one attached hydrogen (secondary N) is 1. The summed E-state index contributed by atoms with van der Waals surface area (Å²) >= 11 is 5.34. The highest BCUT2D eigenvalue weighted by molar-refractivity contribution is 7.80. The zero-order valence-electron chi connectivity index (χ0n) is 20.1. The first-order chi connectivity index (χ1) is 16.5. The van der Waals surface area contributed by atoms with Crippen LogP contribution in [-0.4, -0.2) is 32.6 Å². The highest BCUT2D eigenvalue weighted by Crippen LogP contribution is 2.29. The van der Waals surface area contributed by atoms with E-state index >= 15 is 0 Å². The Bertz CT molecular complexity index is 1470. The third-order valence-electron chi connectivity index (χ3n) is 6.25. The molecular weight excluding hydrogens is 462 g/mol. The molecule has 0 spiro atoms. The van der Waals surface area contributed by atoms with Crippen LogP contribution in [0.4, 0.5) is 5.69 Å². The van der Waals surface area contributed by atoms with Crippen molar-refractivity contribution in [3.63, 3.8) is 0 Å². The third kappa shape index (κ3) is 4.17. The molecule has 0 saturated carbocycles. The largest absolute Gasteiger partial charge is 0.478 e. The van der Waals surface area contributed by atoms with Crippen LogP contribution in [0.25, 0.3) is 11.8 Å². The molecule has 2 amide bonds. The van der Waals surface area contributed by atoms with Gasteiger partial charge in [0.05, 0.1) is 11.3 Å². The number of nitrogens with zero attached hydrogens (tertiary/aromatic N) is 2. The normalized spacial score (nSPS) is 15.1. The Kier molecular flexibility index (Phi) is 6.17. The van der Waals surface area contributed by atoms with E-state index in [1.165, 1.54) is 4.90 Å². The molecule has 2 N–H and O–H groups in total. The topological polar surface area (TPSA) is 91.6 Å². The second kappa shape index (κ2) is 8.96. The van der Waals surface area contributed by atoms with Crippen LogP contribution in [-0.2, 0) is 9.59 Å². The predicted molar refractivity (Wildman–Crippen MR) is 139 cm³/mol. The van der Waals surface area contributed by atoms with E-state index in [0.29, 0.717) is 16.8 Å². The van der Waals surface area contributed by atoms with Crippen molar-refractivity contribution < 1.29 is 19.5 Å².